The number of aliphatic hydroxyl groups is 6. The Labute approximate surface area is 311 Å². The number of benzene rings is 1. The Kier molecular flexibility index (Phi) is 7.66. The van der Waals surface area contributed by atoms with E-state index in [2.05, 4.69) is 19.1 Å². The monoisotopic (exact) mass is 734 g/mol. The summed E-state index contributed by atoms with van der Waals surface area (Å²) in [5.74, 6) is -4.11. The van der Waals surface area contributed by atoms with E-state index in [1.54, 1.807) is 12.1 Å². The van der Waals surface area contributed by atoms with E-state index in [1.807, 2.05) is 20.8 Å². The van der Waals surface area contributed by atoms with Crippen LogP contribution in [0.1, 0.15) is 103 Å². The molecule has 16 unspecified atom stereocenters. The number of hydrogen-bond donors (Lipinski definition) is 8. The summed E-state index contributed by atoms with van der Waals surface area (Å²) in [5.41, 5.74) is -6.19. The highest BCUT2D eigenvalue weighted by atomic mass is 16.6. The normalized spacial score (nSPS) is 53.3. The molecule has 1 aromatic rings. The molecule has 10 heteroatoms. The van der Waals surface area contributed by atoms with E-state index in [9.17, 15) is 45.6 Å². The van der Waals surface area contributed by atoms with Crippen molar-refractivity contribution >= 4 is 5.78 Å². The van der Waals surface area contributed by atoms with E-state index < -0.39 is 75.2 Å². The zero-order valence-electron chi connectivity index (χ0n) is 31.4. The number of ketones is 1. The maximum absolute atomic E-state index is 14.8. The molecule has 8 aliphatic carbocycles. The van der Waals surface area contributed by atoms with Crippen LogP contribution in [0.4, 0.5) is 0 Å². The Hall–Kier alpha value is -2.31. The average molecular weight is 735 g/mol. The molecule has 2 spiro atoms. The van der Waals surface area contributed by atoms with Crippen molar-refractivity contribution < 1.29 is 50.4 Å². The topological polar surface area (TPSA) is 188 Å². The number of rotatable bonds is 3. The summed E-state index contributed by atoms with van der Waals surface area (Å²) >= 11 is 0. The van der Waals surface area contributed by atoms with Crippen LogP contribution in [0, 0.1) is 51.2 Å². The molecule has 0 aromatic heterocycles. The SMILES string of the molecule is CC1C(O)C2(OC3CC4(O)C5=CC(=O)C6C(c7ccc(O)c(O)c7)C(O)C(O)CC6(C)C5C5(CCCC5)CC4(C)C3C2(O)CCO)C2C=CC1(C)CC2. The predicted octanol–water partition coefficient (Wildman–Crippen LogP) is 4.01. The second-order valence-corrected chi connectivity index (χ2v) is 19.8. The van der Waals surface area contributed by atoms with Crippen LogP contribution >= 0.6 is 0 Å². The van der Waals surface area contributed by atoms with Crippen molar-refractivity contribution in [1.82, 2.24) is 0 Å². The molecule has 5 saturated carbocycles. The van der Waals surface area contributed by atoms with Crippen LogP contribution in [0.15, 0.2) is 42.0 Å². The summed E-state index contributed by atoms with van der Waals surface area (Å²) in [6, 6.07) is 4.29. The number of phenolic OH excluding ortho intramolecular Hbond substituents is 2. The smallest absolute Gasteiger partial charge is 0.160 e. The van der Waals surface area contributed by atoms with Gasteiger partial charge < -0.3 is 45.6 Å². The molecule has 9 aliphatic rings. The molecule has 16 atom stereocenters. The Morgan fingerprint density at radius 3 is 2.32 bits per heavy atom. The third kappa shape index (κ3) is 4.17. The van der Waals surface area contributed by atoms with Crippen LogP contribution in [0.25, 0.3) is 0 Å². The lowest BCUT2D eigenvalue weighted by Gasteiger charge is -2.67. The van der Waals surface area contributed by atoms with Crippen molar-refractivity contribution in [2.75, 3.05) is 6.61 Å². The molecular formula is C43H58O10. The maximum atomic E-state index is 14.8. The van der Waals surface area contributed by atoms with Crippen LogP contribution < -0.4 is 0 Å². The third-order valence-corrected chi connectivity index (χ3v) is 17.6. The van der Waals surface area contributed by atoms with E-state index in [0.717, 1.165) is 38.5 Å². The minimum absolute atomic E-state index is 0.0237. The second kappa shape index (κ2) is 11.2. The first-order valence-electron chi connectivity index (χ1n) is 20.1. The molecular weight excluding hydrogens is 676 g/mol. The van der Waals surface area contributed by atoms with E-state index >= 15 is 0 Å². The standard InChI is InChI=1S/C43H58O10/c1-22-36(50)43(24-9-13-37(22,2)14-10-24)41(51,15-16-44)35-30(53-43)20-42(52)25-18-28(47)32-31(23-7-8-26(45)27(46)17-23)33(49)29(48)19-38(32,3)34(25)40(11-5-6-12-40)21-39(35,42)4/h7-9,13,17-18,22,24,29-36,44-46,48-52H,5-6,10-12,14-16,19-21H2,1-4H3. The molecule has 10 rings (SSSR count). The van der Waals surface area contributed by atoms with E-state index in [4.69, 9.17) is 4.74 Å². The van der Waals surface area contributed by atoms with Gasteiger partial charge in [0.1, 0.15) is 11.2 Å². The summed E-state index contributed by atoms with van der Waals surface area (Å²) in [5, 5.41) is 93.9. The number of ether oxygens (including phenoxy) is 1. The van der Waals surface area contributed by atoms with Crippen molar-refractivity contribution in [3.05, 3.63) is 47.6 Å². The molecule has 1 heterocycles. The molecule has 10 nitrogen and oxygen atoms in total. The van der Waals surface area contributed by atoms with E-state index in [1.165, 1.54) is 12.1 Å². The van der Waals surface area contributed by atoms with Crippen molar-refractivity contribution in [3.63, 3.8) is 0 Å². The minimum atomic E-state index is -1.70. The first kappa shape index (κ1) is 36.3. The molecule has 6 fully saturated rings. The van der Waals surface area contributed by atoms with Crippen molar-refractivity contribution in [3.8, 4) is 11.5 Å². The van der Waals surface area contributed by atoms with Gasteiger partial charge in [-0.3, -0.25) is 4.79 Å². The van der Waals surface area contributed by atoms with Gasteiger partial charge in [0.05, 0.1) is 30.0 Å². The van der Waals surface area contributed by atoms with E-state index in [-0.39, 0.29) is 66.3 Å². The number of aromatic hydroxyl groups is 2. The summed E-state index contributed by atoms with van der Waals surface area (Å²) in [4.78, 5) is 14.8. The maximum Gasteiger partial charge on any atom is 0.160 e. The largest absolute Gasteiger partial charge is 0.504 e. The molecule has 2 bridgehead atoms. The van der Waals surface area contributed by atoms with Crippen LogP contribution in [0.5, 0.6) is 11.5 Å². The fourth-order valence-electron chi connectivity index (χ4n) is 15.4. The van der Waals surface area contributed by atoms with Crippen molar-refractivity contribution in [2.45, 2.75) is 139 Å². The number of carbonyl (C=O) groups is 1. The van der Waals surface area contributed by atoms with Gasteiger partial charge in [-0.05, 0) is 96.0 Å². The van der Waals surface area contributed by atoms with Crippen LogP contribution in [-0.4, -0.2) is 94.5 Å². The van der Waals surface area contributed by atoms with Gasteiger partial charge in [0, 0.05) is 48.5 Å². The number of hydrogen-bond acceptors (Lipinski definition) is 10. The Bertz CT molecular complexity index is 1780. The van der Waals surface area contributed by atoms with Gasteiger partial charge in [0.2, 0.25) is 0 Å². The minimum Gasteiger partial charge on any atom is -0.504 e. The van der Waals surface area contributed by atoms with Gasteiger partial charge in [-0.1, -0.05) is 58.8 Å². The third-order valence-electron chi connectivity index (χ3n) is 17.6. The Balaban J connectivity index is 1.21. The summed E-state index contributed by atoms with van der Waals surface area (Å²) in [6.45, 7) is 7.92. The molecule has 1 aliphatic heterocycles. The van der Waals surface area contributed by atoms with Crippen molar-refractivity contribution in [2.24, 2.45) is 51.2 Å². The van der Waals surface area contributed by atoms with E-state index in [0.29, 0.717) is 17.6 Å². The Morgan fingerprint density at radius 1 is 0.962 bits per heavy atom. The van der Waals surface area contributed by atoms with Crippen LogP contribution in [0.2, 0.25) is 0 Å². The van der Waals surface area contributed by atoms with Crippen LogP contribution in [-0.2, 0) is 9.53 Å². The summed E-state index contributed by atoms with van der Waals surface area (Å²) in [7, 11) is 0. The fraction of sp³-hybridized carbons (Fsp3) is 0.744. The van der Waals surface area contributed by atoms with Gasteiger partial charge in [0.25, 0.3) is 0 Å². The fourth-order valence-corrected chi connectivity index (χ4v) is 15.4. The highest BCUT2D eigenvalue weighted by Gasteiger charge is 2.83. The number of fused-ring (bicyclic) bond motifs is 10. The first-order valence-corrected chi connectivity index (χ1v) is 20.1. The van der Waals surface area contributed by atoms with Crippen LogP contribution in [0.3, 0.4) is 0 Å². The number of phenols is 2. The highest BCUT2D eigenvalue weighted by Crippen LogP contribution is 2.79. The first-order chi connectivity index (χ1) is 24.9. The zero-order valence-corrected chi connectivity index (χ0v) is 31.4. The lowest BCUT2D eigenvalue weighted by Crippen LogP contribution is -2.71. The van der Waals surface area contributed by atoms with Crippen molar-refractivity contribution in [1.29, 1.82) is 0 Å². The average Bonchev–Trinajstić information content (AvgIpc) is 3.69. The number of allylic oxidation sites excluding steroid dienone is 2. The quantitative estimate of drug-likeness (QED) is 0.167. The second-order valence-electron chi connectivity index (χ2n) is 19.8. The van der Waals surface area contributed by atoms with Gasteiger partial charge in [-0.2, -0.15) is 0 Å². The molecule has 1 saturated heterocycles. The summed E-state index contributed by atoms with van der Waals surface area (Å²) in [6.07, 6.45) is 7.61. The van der Waals surface area contributed by atoms with Gasteiger partial charge in [0.15, 0.2) is 17.3 Å². The number of carbonyl (C=O) groups excluding carboxylic acids is 1. The molecule has 0 amide bonds. The molecule has 1 aromatic carbocycles. The predicted molar refractivity (Wildman–Crippen MR) is 193 cm³/mol. The molecule has 0 radical (unpaired) electrons. The molecule has 8 N–H and O–H groups in total. The molecule has 53 heavy (non-hydrogen) atoms. The Morgan fingerprint density at radius 2 is 1.68 bits per heavy atom. The lowest BCUT2D eigenvalue weighted by molar-refractivity contribution is -0.251. The molecule has 290 valence electrons. The summed E-state index contributed by atoms with van der Waals surface area (Å²) < 4.78 is 7.21. The van der Waals surface area contributed by atoms with Gasteiger partial charge >= 0.3 is 0 Å². The zero-order chi connectivity index (χ0) is 37.9. The van der Waals surface area contributed by atoms with Gasteiger partial charge in [-0.25, -0.2) is 0 Å². The van der Waals surface area contributed by atoms with Gasteiger partial charge in [-0.15, -0.1) is 0 Å². The number of aliphatic hydroxyl groups excluding tert-OH is 4. The lowest BCUT2D eigenvalue weighted by atomic mass is 9.37. The highest BCUT2D eigenvalue weighted by molar-refractivity contribution is 5.96.